The third-order valence-electron chi connectivity index (χ3n) is 3.12. The van der Waals surface area contributed by atoms with Crippen LogP contribution in [0.1, 0.15) is 32.0 Å². The van der Waals surface area contributed by atoms with Crippen LogP contribution in [0.15, 0.2) is 24.4 Å². The smallest absolute Gasteiger partial charge is 0.433 e. The summed E-state index contributed by atoms with van der Waals surface area (Å²) in [6, 6.07) is 4.37. The van der Waals surface area contributed by atoms with E-state index >= 15 is 0 Å². The van der Waals surface area contributed by atoms with Gasteiger partial charge in [0, 0.05) is 39.0 Å². The molecule has 0 bridgehead atoms. The number of pyridine rings is 1. The minimum atomic E-state index is -4.55. The monoisotopic (exact) mass is 369 g/mol. The first-order valence-electron chi connectivity index (χ1n) is 7.95. The fourth-order valence-electron chi connectivity index (χ4n) is 2.00. The molecule has 9 heteroatoms. The highest BCUT2D eigenvalue weighted by Crippen LogP contribution is 2.30. The number of nitrogens with zero attached hydrogens (tertiary/aromatic N) is 4. The molecular formula is C17H22F3N5O. The minimum absolute atomic E-state index is 0.0985. The zero-order valence-corrected chi connectivity index (χ0v) is 15.3. The maximum absolute atomic E-state index is 13.0. The quantitative estimate of drug-likeness (QED) is 0.866. The van der Waals surface area contributed by atoms with E-state index in [0.29, 0.717) is 5.88 Å². The summed E-state index contributed by atoms with van der Waals surface area (Å²) in [6.07, 6.45) is -2.97. The van der Waals surface area contributed by atoms with Gasteiger partial charge in [-0.25, -0.2) is 9.97 Å². The Kier molecular flexibility index (Phi) is 5.58. The number of aromatic nitrogens is 3. The molecule has 0 radical (unpaired) electrons. The van der Waals surface area contributed by atoms with Gasteiger partial charge in [-0.15, -0.1) is 0 Å². The predicted molar refractivity (Wildman–Crippen MR) is 93.3 cm³/mol. The van der Waals surface area contributed by atoms with E-state index in [9.17, 15) is 13.2 Å². The second-order valence-corrected chi connectivity index (χ2v) is 6.90. The van der Waals surface area contributed by atoms with E-state index in [1.807, 2.05) is 20.8 Å². The van der Waals surface area contributed by atoms with Crippen molar-refractivity contribution in [2.75, 3.05) is 24.3 Å². The molecule has 2 heterocycles. The average molecular weight is 369 g/mol. The molecule has 142 valence electrons. The lowest BCUT2D eigenvalue weighted by atomic mass is 10.2. The number of rotatable bonds is 5. The molecule has 0 aliphatic carbocycles. The van der Waals surface area contributed by atoms with Gasteiger partial charge in [-0.05, 0) is 32.4 Å². The van der Waals surface area contributed by atoms with Crippen LogP contribution in [0, 0.1) is 0 Å². The van der Waals surface area contributed by atoms with Gasteiger partial charge in [-0.3, -0.25) is 0 Å². The molecule has 2 aromatic rings. The van der Waals surface area contributed by atoms with Crippen LogP contribution in [0.3, 0.4) is 0 Å². The van der Waals surface area contributed by atoms with E-state index in [0.717, 1.165) is 11.6 Å². The van der Waals surface area contributed by atoms with Crippen molar-refractivity contribution >= 4 is 11.8 Å². The molecule has 0 fully saturated rings. The van der Waals surface area contributed by atoms with Crippen molar-refractivity contribution in [2.45, 2.75) is 39.1 Å². The molecule has 2 rings (SSSR count). The fourth-order valence-corrected chi connectivity index (χ4v) is 2.00. The summed E-state index contributed by atoms with van der Waals surface area (Å²) < 4.78 is 44.8. The zero-order valence-electron chi connectivity index (χ0n) is 15.3. The first-order chi connectivity index (χ1) is 11.9. The van der Waals surface area contributed by atoms with Gasteiger partial charge in [0.15, 0.2) is 5.69 Å². The summed E-state index contributed by atoms with van der Waals surface area (Å²) >= 11 is 0. The van der Waals surface area contributed by atoms with Crippen molar-refractivity contribution in [3.8, 4) is 5.88 Å². The highest BCUT2D eigenvalue weighted by atomic mass is 19.4. The molecule has 0 amide bonds. The number of halogens is 3. The second kappa shape index (κ2) is 7.35. The molecule has 26 heavy (non-hydrogen) atoms. The van der Waals surface area contributed by atoms with Crippen LogP contribution in [0.2, 0.25) is 0 Å². The van der Waals surface area contributed by atoms with Crippen LogP contribution in [0.25, 0.3) is 0 Å². The predicted octanol–water partition coefficient (Wildman–Crippen LogP) is 3.75. The Labute approximate surface area is 150 Å². The number of anilines is 2. The maximum atomic E-state index is 13.0. The molecule has 1 N–H and O–H groups in total. The lowest BCUT2D eigenvalue weighted by Gasteiger charge is -2.20. The minimum Gasteiger partial charge on any atom is -0.472 e. The molecule has 0 saturated carbocycles. The zero-order chi connectivity index (χ0) is 19.5. The number of hydrogen-bond donors (Lipinski definition) is 1. The average Bonchev–Trinajstić information content (AvgIpc) is 2.50. The first-order valence-corrected chi connectivity index (χ1v) is 7.95. The van der Waals surface area contributed by atoms with E-state index in [1.165, 1.54) is 4.90 Å². The van der Waals surface area contributed by atoms with Crippen LogP contribution in [-0.2, 0) is 12.7 Å². The van der Waals surface area contributed by atoms with Gasteiger partial charge in [0.05, 0.1) is 0 Å². The van der Waals surface area contributed by atoms with Gasteiger partial charge >= 0.3 is 6.18 Å². The van der Waals surface area contributed by atoms with Gasteiger partial charge < -0.3 is 15.0 Å². The summed E-state index contributed by atoms with van der Waals surface area (Å²) in [5.41, 5.74) is -0.610. The van der Waals surface area contributed by atoms with Crippen LogP contribution in [-0.4, -0.2) is 34.6 Å². The van der Waals surface area contributed by atoms with E-state index in [-0.39, 0.29) is 18.3 Å². The van der Waals surface area contributed by atoms with Crippen molar-refractivity contribution in [1.29, 1.82) is 0 Å². The van der Waals surface area contributed by atoms with Crippen LogP contribution >= 0.6 is 0 Å². The number of ether oxygens (including phenoxy) is 1. The second-order valence-electron chi connectivity index (χ2n) is 6.90. The Hall–Kier alpha value is -2.58. The SMILES string of the molecule is CN(C)c1cc(C(F)(F)F)nc(NCc2ccnc(OC(C)(C)C)c2)n1. The van der Waals surface area contributed by atoms with Gasteiger partial charge in [0.2, 0.25) is 11.8 Å². The third kappa shape index (κ3) is 5.75. The summed E-state index contributed by atoms with van der Waals surface area (Å²) in [5.74, 6) is 0.510. The van der Waals surface area contributed by atoms with Crippen molar-refractivity contribution < 1.29 is 17.9 Å². The Balaban J connectivity index is 2.19. The van der Waals surface area contributed by atoms with Gasteiger partial charge in [-0.2, -0.15) is 18.2 Å². The van der Waals surface area contributed by atoms with Gasteiger partial charge in [0.25, 0.3) is 0 Å². The molecule has 0 unspecified atom stereocenters. The highest BCUT2D eigenvalue weighted by Gasteiger charge is 2.34. The lowest BCUT2D eigenvalue weighted by Crippen LogP contribution is -2.23. The topological polar surface area (TPSA) is 63.2 Å². The lowest BCUT2D eigenvalue weighted by molar-refractivity contribution is -0.141. The normalized spacial score (nSPS) is 12.0. The summed E-state index contributed by atoms with van der Waals surface area (Å²) in [5, 5.41) is 2.83. The van der Waals surface area contributed by atoms with Crippen molar-refractivity contribution in [3.63, 3.8) is 0 Å². The summed E-state index contributed by atoms with van der Waals surface area (Å²) in [7, 11) is 3.23. The molecule has 0 saturated heterocycles. The Bertz CT molecular complexity index is 757. The highest BCUT2D eigenvalue weighted by molar-refractivity contribution is 5.44. The largest absolute Gasteiger partial charge is 0.472 e. The molecular weight excluding hydrogens is 347 g/mol. The Morgan fingerprint density at radius 2 is 1.81 bits per heavy atom. The molecule has 6 nitrogen and oxygen atoms in total. The van der Waals surface area contributed by atoms with Crippen molar-refractivity contribution in [1.82, 2.24) is 15.0 Å². The van der Waals surface area contributed by atoms with E-state index in [1.54, 1.807) is 32.4 Å². The van der Waals surface area contributed by atoms with Crippen LogP contribution in [0.5, 0.6) is 5.88 Å². The molecule has 0 atom stereocenters. The third-order valence-corrected chi connectivity index (χ3v) is 3.12. The first kappa shape index (κ1) is 19.7. The molecule has 2 aromatic heterocycles. The van der Waals surface area contributed by atoms with Crippen LogP contribution < -0.4 is 15.0 Å². The molecule has 0 aliphatic rings. The van der Waals surface area contributed by atoms with Gasteiger partial charge in [0.1, 0.15) is 11.4 Å². The Morgan fingerprint density at radius 3 is 2.38 bits per heavy atom. The summed E-state index contributed by atoms with van der Waals surface area (Å²) in [4.78, 5) is 13.3. The van der Waals surface area contributed by atoms with E-state index < -0.39 is 17.5 Å². The molecule has 0 aromatic carbocycles. The standard InChI is InChI=1S/C17H22F3N5O/c1-16(2,3)26-14-8-11(6-7-21-14)10-22-15-23-12(17(18,19)20)9-13(24-15)25(4)5/h6-9H,10H2,1-5H3,(H,22,23,24). The number of hydrogen-bond acceptors (Lipinski definition) is 6. The molecule has 0 aliphatic heterocycles. The van der Waals surface area contributed by atoms with Crippen LogP contribution in [0.4, 0.5) is 24.9 Å². The Morgan fingerprint density at radius 1 is 1.12 bits per heavy atom. The maximum Gasteiger partial charge on any atom is 0.433 e. The van der Waals surface area contributed by atoms with Crippen molar-refractivity contribution in [3.05, 3.63) is 35.7 Å². The van der Waals surface area contributed by atoms with E-state index in [4.69, 9.17) is 4.74 Å². The fraction of sp³-hybridized carbons (Fsp3) is 0.471. The van der Waals surface area contributed by atoms with Gasteiger partial charge in [-0.1, -0.05) is 0 Å². The van der Waals surface area contributed by atoms with Crippen molar-refractivity contribution in [2.24, 2.45) is 0 Å². The number of nitrogens with one attached hydrogen (secondary N) is 1. The van der Waals surface area contributed by atoms with E-state index in [2.05, 4.69) is 20.3 Å². The molecule has 0 spiro atoms. The summed E-state index contributed by atoms with van der Waals surface area (Å²) in [6.45, 7) is 5.94. The number of alkyl halides is 3.